The summed E-state index contributed by atoms with van der Waals surface area (Å²) in [5, 5.41) is 2.40. The van der Waals surface area contributed by atoms with Crippen molar-refractivity contribution < 1.29 is 9.59 Å². The minimum atomic E-state index is -0.275. The molecule has 2 unspecified atom stereocenters. The van der Waals surface area contributed by atoms with Gasteiger partial charge in [-0.15, -0.1) is 0 Å². The molecule has 2 atom stereocenters. The Hall–Kier alpha value is -2.51. The van der Waals surface area contributed by atoms with E-state index in [1.807, 2.05) is 11.2 Å². The van der Waals surface area contributed by atoms with Crippen LogP contribution in [0.15, 0.2) is 12.7 Å². The molecule has 4 heterocycles. The molecule has 1 aliphatic carbocycles. The summed E-state index contributed by atoms with van der Waals surface area (Å²) in [5.74, 6) is -0.178. The molecular formula is C14H14N6O2. The lowest BCUT2D eigenvalue weighted by atomic mass is 10.00. The number of fused-ring (bicyclic) bond motifs is 2. The molecule has 0 radical (unpaired) electrons. The van der Waals surface area contributed by atoms with Crippen LogP contribution in [0.1, 0.15) is 18.9 Å². The summed E-state index contributed by atoms with van der Waals surface area (Å²) in [6, 6.07) is 0.498. The molecule has 2 aliphatic heterocycles. The molecule has 5 rings (SSSR count). The van der Waals surface area contributed by atoms with Crippen LogP contribution in [0.25, 0.3) is 11.2 Å². The van der Waals surface area contributed by atoms with Gasteiger partial charge in [0.25, 0.3) is 0 Å². The maximum Gasteiger partial charge on any atom is 0.232 e. The fourth-order valence-electron chi connectivity index (χ4n) is 3.51. The van der Waals surface area contributed by atoms with Crippen molar-refractivity contribution in [3.8, 4) is 0 Å². The van der Waals surface area contributed by atoms with Crippen LogP contribution < -0.4 is 10.2 Å². The molecule has 2 aromatic heterocycles. The molecule has 112 valence electrons. The van der Waals surface area contributed by atoms with Crippen LogP contribution in [0.4, 0.5) is 5.82 Å². The number of nitrogens with one attached hydrogen (secondary N) is 1. The summed E-state index contributed by atoms with van der Waals surface area (Å²) in [6.45, 7) is 1.01. The quantitative estimate of drug-likeness (QED) is 0.776. The fourth-order valence-corrected chi connectivity index (χ4v) is 3.51. The average Bonchev–Trinajstić information content (AvgIpc) is 3.02. The zero-order valence-corrected chi connectivity index (χ0v) is 11.8. The minimum Gasteiger partial charge on any atom is -0.353 e. The number of carbonyl (C=O) groups is 2. The van der Waals surface area contributed by atoms with Crippen molar-refractivity contribution in [2.24, 2.45) is 11.8 Å². The van der Waals surface area contributed by atoms with E-state index in [2.05, 4.69) is 24.8 Å². The highest BCUT2D eigenvalue weighted by Gasteiger charge is 2.48. The molecule has 0 aromatic carbocycles. The van der Waals surface area contributed by atoms with E-state index in [-0.39, 0.29) is 23.7 Å². The number of imidazole rings is 1. The van der Waals surface area contributed by atoms with Gasteiger partial charge in [0.2, 0.25) is 11.8 Å². The van der Waals surface area contributed by atoms with Crippen molar-refractivity contribution in [3.63, 3.8) is 0 Å². The molecule has 2 aromatic rings. The number of aromatic nitrogens is 4. The predicted molar refractivity (Wildman–Crippen MR) is 75.9 cm³/mol. The Bertz CT molecular complexity index is 789. The second-order valence-electron chi connectivity index (χ2n) is 6.22. The number of hydrogen-bond acceptors (Lipinski definition) is 6. The van der Waals surface area contributed by atoms with Crippen LogP contribution >= 0.6 is 0 Å². The van der Waals surface area contributed by atoms with E-state index in [0.717, 1.165) is 29.8 Å². The number of anilines is 1. The van der Waals surface area contributed by atoms with E-state index >= 15 is 0 Å². The van der Waals surface area contributed by atoms with Crippen molar-refractivity contribution in [2.75, 3.05) is 18.0 Å². The molecule has 2 amide bonds. The lowest BCUT2D eigenvalue weighted by Crippen LogP contribution is -2.31. The Balaban J connectivity index is 1.55. The van der Waals surface area contributed by atoms with Gasteiger partial charge >= 0.3 is 0 Å². The highest BCUT2D eigenvalue weighted by atomic mass is 16.2. The summed E-state index contributed by atoms with van der Waals surface area (Å²) < 4.78 is 2.09. The second kappa shape index (κ2) is 4.02. The molecule has 0 bridgehead atoms. The normalized spacial score (nSPS) is 27.5. The Labute approximate surface area is 125 Å². The average molecular weight is 298 g/mol. The molecule has 1 N–H and O–H groups in total. The lowest BCUT2D eigenvalue weighted by Gasteiger charge is -2.18. The highest BCUT2D eigenvalue weighted by molar-refractivity contribution is 6.06. The smallest absolute Gasteiger partial charge is 0.232 e. The Morgan fingerprint density at radius 2 is 1.77 bits per heavy atom. The molecule has 8 heteroatoms. The SMILES string of the molecule is O=C1NC(=O)C2CN(c3ncnc4c3ncn4C3CC3)CC12. The van der Waals surface area contributed by atoms with E-state index in [9.17, 15) is 9.59 Å². The minimum absolute atomic E-state index is 0.175. The molecular weight excluding hydrogens is 284 g/mol. The number of carbonyl (C=O) groups excluding carboxylic acids is 2. The van der Waals surface area contributed by atoms with Gasteiger partial charge < -0.3 is 9.47 Å². The number of rotatable bonds is 2. The Kier molecular flexibility index (Phi) is 2.21. The predicted octanol–water partition coefficient (Wildman–Crippen LogP) is -0.130. The third-order valence-corrected chi connectivity index (χ3v) is 4.82. The van der Waals surface area contributed by atoms with Gasteiger partial charge in [-0.2, -0.15) is 0 Å². The van der Waals surface area contributed by atoms with E-state index in [1.165, 1.54) is 6.33 Å². The first-order valence-corrected chi connectivity index (χ1v) is 7.49. The van der Waals surface area contributed by atoms with E-state index in [1.54, 1.807) is 0 Å². The van der Waals surface area contributed by atoms with Gasteiger partial charge in [-0.05, 0) is 12.8 Å². The van der Waals surface area contributed by atoms with Crippen LogP contribution in [-0.4, -0.2) is 44.4 Å². The number of imide groups is 1. The highest BCUT2D eigenvalue weighted by Crippen LogP contribution is 2.38. The third-order valence-electron chi connectivity index (χ3n) is 4.82. The largest absolute Gasteiger partial charge is 0.353 e. The van der Waals surface area contributed by atoms with Gasteiger partial charge in [0.05, 0.1) is 18.2 Å². The zero-order valence-electron chi connectivity index (χ0n) is 11.8. The standard InChI is InChI=1S/C14H14N6O2/c21-13-8-3-19(4-9(8)14(22)18-13)11-10-12(16-5-15-11)20(6-17-10)7-1-2-7/h5-9H,1-4H2,(H,18,21,22). The summed E-state index contributed by atoms with van der Waals surface area (Å²) in [6.07, 6.45) is 5.67. The molecule has 1 saturated carbocycles. The zero-order chi connectivity index (χ0) is 14.8. The fraction of sp³-hybridized carbons (Fsp3) is 0.500. The number of nitrogens with zero attached hydrogens (tertiary/aromatic N) is 5. The van der Waals surface area contributed by atoms with E-state index in [0.29, 0.717) is 19.1 Å². The first kappa shape index (κ1) is 12.1. The van der Waals surface area contributed by atoms with Crippen LogP contribution in [0.5, 0.6) is 0 Å². The summed E-state index contributed by atoms with van der Waals surface area (Å²) in [5.41, 5.74) is 1.59. The summed E-state index contributed by atoms with van der Waals surface area (Å²) in [4.78, 5) is 38.8. The van der Waals surface area contributed by atoms with Gasteiger partial charge in [-0.25, -0.2) is 15.0 Å². The van der Waals surface area contributed by atoms with Crippen molar-refractivity contribution >= 4 is 28.8 Å². The van der Waals surface area contributed by atoms with Crippen LogP contribution in [0.3, 0.4) is 0 Å². The van der Waals surface area contributed by atoms with Gasteiger partial charge in [-0.3, -0.25) is 14.9 Å². The molecule has 2 saturated heterocycles. The van der Waals surface area contributed by atoms with Crippen molar-refractivity contribution in [1.82, 2.24) is 24.8 Å². The summed E-state index contributed by atoms with van der Waals surface area (Å²) >= 11 is 0. The monoisotopic (exact) mass is 298 g/mol. The van der Waals surface area contributed by atoms with Crippen molar-refractivity contribution in [3.05, 3.63) is 12.7 Å². The topological polar surface area (TPSA) is 93.0 Å². The van der Waals surface area contributed by atoms with E-state index in [4.69, 9.17) is 0 Å². The number of amides is 2. The van der Waals surface area contributed by atoms with Crippen LogP contribution in [0, 0.1) is 11.8 Å². The summed E-state index contributed by atoms with van der Waals surface area (Å²) in [7, 11) is 0. The van der Waals surface area contributed by atoms with Crippen LogP contribution in [0.2, 0.25) is 0 Å². The maximum absolute atomic E-state index is 11.8. The van der Waals surface area contributed by atoms with Crippen LogP contribution in [-0.2, 0) is 9.59 Å². The Morgan fingerprint density at radius 3 is 2.45 bits per heavy atom. The molecule has 0 spiro atoms. The lowest BCUT2D eigenvalue weighted by molar-refractivity contribution is -0.126. The second-order valence-corrected chi connectivity index (χ2v) is 6.22. The van der Waals surface area contributed by atoms with E-state index < -0.39 is 0 Å². The first-order valence-electron chi connectivity index (χ1n) is 7.49. The number of hydrogen-bond donors (Lipinski definition) is 1. The molecule has 8 nitrogen and oxygen atoms in total. The van der Waals surface area contributed by atoms with Gasteiger partial charge in [-0.1, -0.05) is 0 Å². The Morgan fingerprint density at radius 1 is 1.05 bits per heavy atom. The maximum atomic E-state index is 11.8. The van der Waals surface area contributed by atoms with Crippen molar-refractivity contribution in [1.29, 1.82) is 0 Å². The molecule has 3 fully saturated rings. The van der Waals surface area contributed by atoms with Gasteiger partial charge in [0, 0.05) is 19.1 Å². The van der Waals surface area contributed by atoms with Gasteiger partial charge in [0.1, 0.15) is 6.33 Å². The molecule has 3 aliphatic rings. The molecule has 22 heavy (non-hydrogen) atoms. The first-order chi connectivity index (χ1) is 10.7. The third kappa shape index (κ3) is 1.54. The van der Waals surface area contributed by atoms with Gasteiger partial charge in [0.15, 0.2) is 17.0 Å². The van der Waals surface area contributed by atoms with Crippen molar-refractivity contribution in [2.45, 2.75) is 18.9 Å².